The summed E-state index contributed by atoms with van der Waals surface area (Å²) in [6.07, 6.45) is 0. The van der Waals surface area contributed by atoms with Gasteiger partial charge in [0.15, 0.2) is 6.04 Å². The molecule has 0 saturated heterocycles. The van der Waals surface area contributed by atoms with E-state index in [1.165, 1.54) is 55.2 Å². The van der Waals surface area contributed by atoms with Gasteiger partial charge in [-0.2, -0.15) is 4.57 Å². The van der Waals surface area contributed by atoms with Gasteiger partial charge in [0.1, 0.15) is 6.61 Å². The second-order valence-electron chi connectivity index (χ2n) is 9.44. The maximum Gasteiger partial charge on any atom is 0.218 e. The number of rotatable bonds is 1. The van der Waals surface area contributed by atoms with Crippen LogP contribution in [0.5, 0.6) is 0 Å². The summed E-state index contributed by atoms with van der Waals surface area (Å²) < 4.78 is 2.46. The number of hydrogen-bond donors (Lipinski definition) is 1. The van der Waals surface area contributed by atoms with E-state index < -0.39 is 0 Å². The highest BCUT2D eigenvalue weighted by atomic mass is 16.3. The van der Waals surface area contributed by atoms with Crippen molar-refractivity contribution in [3.8, 4) is 11.3 Å². The molecule has 0 spiro atoms. The normalized spacial score (nSPS) is 21.0. The van der Waals surface area contributed by atoms with Crippen molar-refractivity contribution in [2.24, 2.45) is 0 Å². The summed E-state index contributed by atoms with van der Waals surface area (Å²) in [5.74, 6) is 0.255. The van der Waals surface area contributed by atoms with Crippen molar-refractivity contribution in [3.63, 3.8) is 0 Å². The second kappa shape index (κ2) is 5.46. The van der Waals surface area contributed by atoms with Crippen LogP contribution in [-0.2, 0) is 5.41 Å². The number of aliphatic hydroxyl groups excluding tert-OH is 1. The summed E-state index contributed by atoms with van der Waals surface area (Å²) in [7, 11) is 0. The first-order valence-corrected chi connectivity index (χ1v) is 10.6. The number of fused-ring (bicyclic) bond motifs is 2. The summed E-state index contributed by atoms with van der Waals surface area (Å²) in [5.41, 5.74) is 9.23. The van der Waals surface area contributed by atoms with Gasteiger partial charge in [-0.1, -0.05) is 57.2 Å². The lowest BCUT2D eigenvalue weighted by molar-refractivity contribution is -0.695. The minimum absolute atomic E-state index is 0.0419. The molecule has 2 aliphatic rings. The van der Waals surface area contributed by atoms with Crippen molar-refractivity contribution in [2.45, 2.75) is 45.1 Å². The predicted octanol–water partition coefficient (Wildman–Crippen LogP) is 5.55. The SMILES string of the molecule is Cc1ccc2cc3c4[n+](c2c1)C(CO)C(C)c1ccc2cccc(c2c1-4)C3(C)C. The first-order chi connectivity index (χ1) is 13.9. The quantitative estimate of drug-likeness (QED) is 0.430. The molecule has 2 nitrogen and oxygen atoms in total. The molecule has 1 aliphatic carbocycles. The highest BCUT2D eigenvalue weighted by Crippen LogP contribution is 2.53. The number of pyridine rings is 1. The number of hydrogen-bond acceptors (Lipinski definition) is 1. The van der Waals surface area contributed by atoms with E-state index in [1.807, 2.05) is 0 Å². The van der Waals surface area contributed by atoms with Crippen LogP contribution in [-0.4, -0.2) is 11.7 Å². The van der Waals surface area contributed by atoms with Crippen LogP contribution in [0.2, 0.25) is 0 Å². The number of benzene rings is 3. The fraction of sp³-hybridized carbons (Fsp3) is 0.296. The van der Waals surface area contributed by atoms with Crippen LogP contribution in [0.25, 0.3) is 32.9 Å². The van der Waals surface area contributed by atoms with Gasteiger partial charge < -0.3 is 5.11 Å². The van der Waals surface area contributed by atoms with Gasteiger partial charge in [0, 0.05) is 28.3 Å². The summed E-state index contributed by atoms with van der Waals surface area (Å²) in [6, 6.07) is 20.4. The van der Waals surface area contributed by atoms with Crippen LogP contribution >= 0.6 is 0 Å². The molecule has 144 valence electrons. The van der Waals surface area contributed by atoms with Gasteiger partial charge in [-0.3, -0.25) is 0 Å². The van der Waals surface area contributed by atoms with Gasteiger partial charge in [-0.25, -0.2) is 0 Å². The van der Waals surface area contributed by atoms with Gasteiger partial charge in [0.05, 0.1) is 5.56 Å². The zero-order valence-electron chi connectivity index (χ0n) is 17.5. The fourth-order valence-electron chi connectivity index (χ4n) is 5.90. The summed E-state index contributed by atoms with van der Waals surface area (Å²) in [4.78, 5) is 0. The zero-order valence-corrected chi connectivity index (χ0v) is 17.5. The maximum absolute atomic E-state index is 10.5. The molecular weight excluding hydrogens is 354 g/mol. The molecule has 0 saturated carbocycles. The highest BCUT2D eigenvalue weighted by molar-refractivity contribution is 6.04. The largest absolute Gasteiger partial charge is 0.389 e. The molecule has 6 rings (SSSR count). The first-order valence-electron chi connectivity index (χ1n) is 10.6. The van der Waals surface area contributed by atoms with Crippen molar-refractivity contribution in [1.82, 2.24) is 0 Å². The molecule has 2 heteroatoms. The number of aromatic nitrogens is 1. The lowest BCUT2D eigenvalue weighted by Gasteiger charge is -2.38. The molecule has 4 aromatic rings. The molecule has 0 bridgehead atoms. The Hall–Kier alpha value is -2.71. The smallest absolute Gasteiger partial charge is 0.218 e. The lowest BCUT2D eigenvalue weighted by Crippen LogP contribution is -2.51. The Morgan fingerprint density at radius 2 is 1.76 bits per heavy atom. The van der Waals surface area contributed by atoms with Crippen LogP contribution < -0.4 is 4.57 Å². The summed E-state index contributed by atoms with van der Waals surface area (Å²) in [5, 5.41) is 14.4. The van der Waals surface area contributed by atoms with Crippen molar-refractivity contribution >= 4 is 21.7 Å². The molecule has 2 unspecified atom stereocenters. The Morgan fingerprint density at radius 1 is 0.966 bits per heavy atom. The van der Waals surface area contributed by atoms with E-state index in [2.05, 4.69) is 86.9 Å². The topological polar surface area (TPSA) is 24.1 Å². The van der Waals surface area contributed by atoms with E-state index in [0.29, 0.717) is 0 Å². The Morgan fingerprint density at radius 3 is 2.55 bits per heavy atom. The van der Waals surface area contributed by atoms with E-state index in [9.17, 15) is 5.11 Å². The molecule has 1 aliphatic heterocycles. The molecular formula is C27H26NO+. The highest BCUT2D eigenvalue weighted by Gasteiger charge is 2.47. The monoisotopic (exact) mass is 380 g/mol. The Balaban J connectivity index is 1.93. The Kier molecular flexibility index (Phi) is 3.23. The number of nitrogens with zero attached hydrogens (tertiary/aromatic N) is 1. The van der Waals surface area contributed by atoms with E-state index >= 15 is 0 Å². The van der Waals surface area contributed by atoms with Gasteiger partial charge in [-0.15, -0.1) is 0 Å². The molecule has 1 N–H and O–H groups in total. The van der Waals surface area contributed by atoms with Crippen LogP contribution in [0.3, 0.4) is 0 Å². The zero-order chi connectivity index (χ0) is 20.1. The Bertz CT molecular complexity index is 1350. The molecule has 2 heterocycles. The van der Waals surface area contributed by atoms with Crippen LogP contribution in [0.4, 0.5) is 0 Å². The van der Waals surface area contributed by atoms with Gasteiger partial charge in [0.25, 0.3) is 0 Å². The molecule has 1 aromatic heterocycles. The molecule has 3 aromatic carbocycles. The average Bonchev–Trinajstić information content (AvgIpc) is 2.71. The fourth-order valence-corrected chi connectivity index (χ4v) is 5.90. The van der Waals surface area contributed by atoms with E-state index in [4.69, 9.17) is 0 Å². The van der Waals surface area contributed by atoms with Crippen LogP contribution in [0.15, 0.2) is 54.6 Å². The van der Waals surface area contributed by atoms with Gasteiger partial charge in [0.2, 0.25) is 11.2 Å². The summed E-state index contributed by atoms with van der Waals surface area (Å²) >= 11 is 0. The summed E-state index contributed by atoms with van der Waals surface area (Å²) in [6.45, 7) is 9.26. The third kappa shape index (κ3) is 1.98. The maximum atomic E-state index is 10.5. The Labute approximate surface area is 171 Å². The third-order valence-electron chi connectivity index (χ3n) is 7.49. The van der Waals surface area contributed by atoms with E-state index in [1.54, 1.807) is 0 Å². The second-order valence-corrected chi connectivity index (χ2v) is 9.44. The third-order valence-corrected chi connectivity index (χ3v) is 7.49. The molecule has 29 heavy (non-hydrogen) atoms. The molecule has 2 atom stereocenters. The standard InChI is InChI=1S/C27H26NO/c1-15-8-9-18-13-21-26-25-19(16(2)23(14-29)28(26)22(18)12-15)11-10-17-6-5-7-20(24(17)25)27(21,3)4/h5-13,16,23,29H,14H2,1-4H3/q+1. The lowest BCUT2D eigenvalue weighted by atomic mass is 9.66. The number of aryl methyl sites for hydroxylation is 1. The van der Waals surface area contributed by atoms with Gasteiger partial charge >= 0.3 is 0 Å². The van der Waals surface area contributed by atoms with E-state index in [-0.39, 0.29) is 24.0 Å². The molecule has 0 amide bonds. The van der Waals surface area contributed by atoms with E-state index in [0.717, 1.165) is 0 Å². The number of aliphatic hydroxyl groups is 1. The predicted molar refractivity (Wildman–Crippen MR) is 118 cm³/mol. The average molecular weight is 381 g/mol. The van der Waals surface area contributed by atoms with Crippen molar-refractivity contribution < 1.29 is 9.67 Å². The minimum atomic E-state index is -0.0954. The minimum Gasteiger partial charge on any atom is -0.389 e. The molecule has 0 radical (unpaired) electrons. The molecule has 0 fully saturated rings. The first kappa shape index (κ1) is 17.2. The van der Waals surface area contributed by atoms with Crippen molar-refractivity contribution in [1.29, 1.82) is 0 Å². The van der Waals surface area contributed by atoms with Crippen LogP contribution in [0.1, 0.15) is 55.0 Å². The van der Waals surface area contributed by atoms with Crippen LogP contribution in [0, 0.1) is 6.92 Å². The van der Waals surface area contributed by atoms with Crippen molar-refractivity contribution in [2.75, 3.05) is 6.61 Å². The van der Waals surface area contributed by atoms with Crippen molar-refractivity contribution in [3.05, 3.63) is 76.9 Å². The van der Waals surface area contributed by atoms with Gasteiger partial charge in [-0.05, 0) is 46.5 Å².